The Kier molecular flexibility index (Phi) is 4.65. The van der Waals surface area contributed by atoms with Gasteiger partial charge in [0.1, 0.15) is 11.5 Å². The molecule has 3 aliphatic rings. The van der Waals surface area contributed by atoms with Crippen molar-refractivity contribution in [2.45, 2.75) is 44.9 Å². The van der Waals surface area contributed by atoms with Gasteiger partial charge in [-0.15, -0.1) is 0 Å². The Bertz CT molecular complexity index is 977. The van der Waals surface area contributed by atoms with Crippen molar-refractivity contribution in [1.29, 1.82) is 0 Å². The van der Waals surface area contributed by atoms with Crippen molar-refractivity contribution < 1.29 is 14.3 Å². The van der Waals surface area contributed by atoms with E-state index in [0.717, 1.165) is 42.0 Å². The fourth-order valence-electron chi connectivity index (χ4n) is 4.82. The van der Waals surface area contributed by atoms with E-state index >= 15 is 0 Å². The number of rotatable bonds is 3. The quantitative estimate of drug-likeness (QED) is 0.776. The second-order valence-electron chi connectivity index (χ2n) is 8.16. The molecule has 156 valence electrons. The third-order valence-electron chi connectivity index (χ3n) is 6.39. The molecule has 1 saturated heterocycles. The standard InChI is InChI=1S/C24H27N3O3/c1-3-29-19-10-8-18(9-11-19)21-16-22-20-6-4-5-7-23(20)30-24(27(22)25-21)12-14-26(15-13-24)17(2)28/h4-11,22H,3,12-16H2,1-2H3/t22-/m0/s1. The second kappa shape index (κ2) is 7.35. The van der Waals surface area contributed by atoms with Crippen LogP contribution in [0.1, 0.15) is 50.3 Å². The normalized spacial score (nSPS) is 21.5. The maximum absolute atomic E-state index is 11.8. The van der Waals surface area contributed by atoms with Crippen molar-refractivity contribution in [2.75, 3.05) is 19.7 Å². The number of amides is 1. The Morgan fingerprint density at radius 1 is 1.17 bits per heavy atom. The predicted octanol–water partition coefficient (Wildman–Crippen LogP) is 3.97. The molecule has 0 radical (unpaired) electrons. The van der Waals surface area contributed by atoms with Crippen LogP contribution in [-0.2, 0) is 4.79 Å². The van der Waals surface area contributed by atoms with Gasteiger partial charge in [0.15, 0.2) is 0 Å². The molecule has 0 N–H and O–H groups in total. The van der Waals surface area contributed by atoms with Gasteiger partial charge < -0.3 is 14.4 Å². The number of hydrazone groups is 1. The molecule has 5 rings (SSSR count). The highest BCUT2D eigenvalue weighted by Crippen LogP contribution is 2.49. The molecule has 0 aromatic heterocycles. The second-order valence-corrected chi connectivity index (χ2v) is 8.16. The Labute approximate surface area is 177 Å². The highest BCUT2D eigenvalue weighted by molar-refractivity contribution is 6.02. The highest BCUT2D eigenvalue weighted by atomic mass is 16.5. The Morgan fingerprint density at radius 2 is 1.90 bits per heavy atom. The summed E-state index contributed by atoms with van der Waals surface area (Å²) in [5.74, 6) is 1.94. The molecule has 6 heteroatoms. The van der Waals surface area contributed by atoms with E-state index in [-0.39, 0.29) is 11.9 Å². The molecular weight excluding hydrogens is 378 g/mol. The summed E-state index contributed by atoms with van der Waals surface area (Å²) in [5, 5.41) is 7.26. The summed E-state index contributed by atoms with van der Waals surface area (Å²) >= 11 is 0. The van der Waals surface area contributed by atoms with Gasteiger partial charge in [-0.1, -0.05) is 18.2 Å². The minimum atomic E-state index is -0.502. The summed E-state index contributed by atoms with van der Waals surface area (Å²) < 4.78 is 12.2. The number of ether oxygens (including phenoxy) is 2. The van der Waals surface area contributed by atoms with Gasteiger partial charge in [0.25, 0.3) is 0 Å². The lowest BCUT2D eigenvalue weighted by Crippen LogP contribution is -2.59. The van der Waals surface area contributed by atoms with Gasteiger partial charge in [0.2, 0.25) is 11.6 Å². The molecule has 1 atom stereocenters. The zero-order valence-electron chi connectivity index (χ0n) is 17.5. The number of benzene rings is 2. The van der Waals surface area contributed by atoms with Crippen LogP contribution in [0, 0.1) is 0 Å². The van der Waals surface area contributed by atoms with E-state index in [2.05, 4.69) is 35.3 Å². The smallest absolute Gasteiger partial charge is 0.219 e. The zero-order valence-corrected chi connectivity index (χ0v) is 17.5. The van der Waals surface area contributed by atoms with Gasteiger partial charge in [-0.3, -0.25) is 4.79 Å². The number of para-hydroxylation sites is 1. The average Bonchev–Trinajstić information content (AvgIpc) is 3.22. The van der Waals surface area contributed by atoms with Gasteiger partial charge >= 0.3 is 0 Å². The van der Waals surface area contributed by atoms with Gasteiger partial charge in [0, 0.05) is 44.8 Å². The SMILES string of the molecule is CCOc1ccc(C2=NN3[C@@H](C2)c2ccccc2OC32CCN(C(C)=O)CC2)cc1. The number of nitrogens with zero attached hydrogens (tertiary/aromatic N) is 3. The lowest BCUT2D eigenvalue weighted by atomic mass is 9.90. The average molecular weight is 405 g/mol. The molecule has 0 aliphatic carbocycles. The number of hydrogen-bond donors (Lipinski definition) is 0. The predicted molar refractivity (Wildman–Crippen MR) is 115 cm³/mol. The van der Waals surface area contributed by atoms with Crippen LogP contribution in [0.2, 0.25) is 0 Å². The van der Waals surface area contributed by atoms with Gasteiger partial charge in [0.05, 0.1) is 18.4 Å². The Hall–Kier alpha value is -3.02. The van der Waals surface area contributed by atoms with Crippen LogP contribution < -0.4 is 9.47 Å². The lowest BCUT2D eigenvalue weighted by Gasteiger charge is -2.51. The molecule has 30 heavy (non-hydrogen) atoms. The first kappa shape index (κ1) is 19.0. The number of carbonyl (C=O) groups excluding carboxylic acids is 1. The van der Waals surface area contributed by atoms with Crippen LogP contribution in [0.3, 0.4) is 0 Å². The van der Waals surface area contributed by atoms with Crippen LogP contribution in [0.5, 0.6) is 11.5 Å². The van der Waals surface area contributed by atoms with Crippen molar-refractivity contribution in [1.82, 2.24) is 9.91 Å². The zero-order chi connectivity index (χ0) is 20.7. The summed E-state index contributed by atoms with van der Waals surface area (Å²) in [7, 11) is 0. The molecule has 2 aromatic carbocycles. The number of carbonyl (C=O) groups is 1. The van der Waals surface area contributed by atoms with Crippen molar-refractivity contribution in [3.05, 3.63) is 59.7 Å². The first-order valence-corrected chi connectivity index (χ1v) is 10.7. The van der Waals surface area contributed by atoms with E-state index in [1.807, 2.05) is 30.0 Å². The van der Waals surface area contributed by atoms with Crippen molar-refractivity contribution in [3.63, 3.8) is 0 Å². The number of piperidine rings is 1. The minimum absolute atomic E-state index is 0.123. The van der Waals surface area contributed by atoms with Crippen molar-refractivity contribution in [2.24, 2.45) is 5.10 Å². The number of hydrogen-bond acceptors (Lipinski definition) is 5. The first-order chi connectivity index (χ1) is 14.6. The van der Waals surface area contributed by atoms with E-state index in [0.29, 0.717) is 19.7 Å². The topological polar surface area (TPSA) is 54.4 Å². The monoisotopic (exact) mass is 405 g/mol. The molecule has 3 heterocycles. The lowest BCUT2D eigenvalue weighted by molar-refractivity contribution is -0.158. The van der Waals surface area contributed by atoms with E-state index < -0.39 is 5.72 Å². The minimum Gasteiger partial charge on any atom is -0.494 e. The molecule has 0 saturated carbocycles. The molecule has 1 fully saturated rings. The Balaban J connectivity index is 1.49. The van der Waals surface area contributed by atoms with Gasteiger partial charge in [-0.05, 0) is 42.8 Å². The largest absolute Gasteiger partial charge is 0.494 e. The number of likely N-dealkylation sites (tertiary alicyclic amines) is 1. The molecule has 2 aromatic rings. The van der Waals surface area contributed by atoms with Crippen LogP contribution in [0.15, 0.2) is 53.6 Å². The van der Waals surface area contributed by atoms with E-state index in [1.54, 1.807) is 6.92 Å². The van der Waals surface area contributed by atoms with Crippen molar-refractivity contribution in [3.8, 4) is 11.5 Å². The number of fused-ring (bicyclic) bond motifs is 4. The molecule has 1 amide bonds. The molecule has 0 bridgehead atoms. The first-order valence-electron chi connectivity index (χ1n) is 10.7. The van der Waals surface area contributed by atoms with Crippen LogP contribution in [0.4, 0.5) is 0 Å². The summed E-state index contributed by atoms with van der Waals surface area (Å²) in [6.45, 7) is 5.66. The van der Waals surface area contributed by atoms with E-state index in [9.17, 15) is 4.79 Å². The molecule has 3 aliphatic heterocycles. The van der Waals surface area contributed by atoms with Crippen LogP contribution in [-0.4, -0.2) is 46.9 Å². The summed E-state index contributed by atoms with van der Waals surface area (Å²) in [6.07, 6.45) is 2.33. The maximum atomic E-state index is 11.8. The van der Waals surface area contributed by atoms with Crippen LogP contribution >= 0.6 is 0 Å². The molecular formula is C24H27N3O3. The Morgan fingerprint density at radius 3 is 2.60 bits per heavy atom. The third kappa shape index (κ3) is 3.11. The molecule has 1 spiro atoms. The third-order valence-corrected chi connectivity index (χ3v) is 6.39. The van der Waals surface area contributed by atoms with Gasteiger partial charge in [-0.25, -0.2) is 5.01 Å². The van der Waals surface area contributed by atoms with Crippen molar-refractivity contribution >= 4 is 11.6 Å². The van der Waals surface area contributed by atoms with E-state index in [1.165, 1.54) is 5.56 Å². The fraction of sp³-hybridized carbons (Fsp3) is 0.417. The summed E-state index contributed by atoms with van der Waals surface area (Å²) in [5.41, 5.74) is 2.86. The van der Waals surface area contributed by atoms with Crippen LogP contribution in [0.25, 0.3) is 0 Å². The fourth-order valence-corrected chi connectivity index (χ4v) is 4.82. The highest BCUT2D eigenvalue weighted by Gasteiger charge is 2.51. The summed E-state index contributed by atoms with van der Waals surface area (Å²) in [4.78, 5) is 13.7. The summed E-state index contributed by atoms with van der Waals surface area (Å²) in [6, 6.07) is 16.6. The van der Waals surface area contributed by atoms with E-state index in [4.69, 9.17) is 14.6 Å². The van der Waals surface area contributed by atoms with Gasteiger partial charge in [-0.2, -0.15) is 5.10 Å². The molecule has 0 unspecified atom stereocenters. The maximum Gasteiger partial charge on any atom is 0.219 e. The molecule has 6 nitrogen and oxygen atoms in total.